The minimum Gasteiger partial charge on any atom is -0.320 e. The maximum Gasteiger partial charge on any atom is 0.152 e. The average Bonchev–Trinajstić information content (AvgIpc) is 2.43. The molecule has 5 heteroatoms. The molecule has 0 aliphatic carbocycles. The summed E-state index contributed by atoms with van der Waals surface area (Å²) in [6, 6.07) is 0. The molecule has 0 saturated carbocycles. The van der Waals surface area contributed by atoms with Crippen LogP contribution in [0.4, 0.5) is 0 Å². The van der Waals surface area contributed by atoms with E-state index in [0.29, 0.717) is 0 Å². The Morgan fingerprint density at radius 3 is 2.57 bits per heavy atom. The summed E-state index contributed by atoms with van der Waals surface area (Å²) in [5.41, 5.74) is 1.23. The van der Waals surface area contributed by atoms with Crippen molar-refractivity contribution in [3.63, 3.8) is 0 Å². The number of nitrogens with zero attached hydrogens (tertiary/aromatic N) is 3. The molecule has 14 heavy (non-hydrogen) atoms. The second-order valence-corrected chi connectivity index (χ2v) is 4.84. The van der Waals surface area contributed by atoms with E-state index in [1.165, 1.54) is 0 Å². The first kappa shape index (κ1) is 11.7. The van der Waals surface area contributed by atoms with Crippen LogP contribution in [0.25, 0.3) is 0 Å². The molecule has 1 aromatic heterocycles. The first-order valence-electron chi connectivity index (χ1n) is 4.69. The summed E-state index contributed by atoms with van der Waals surface area (Å²) in [5.74, 6) is 0. The summed E-state index contributed by atoms with van der Waals surface area (Å²) in [4.78, 5) is 0. The third-order valence-corrected chi connectivity index (χ3v) is 2.96. The topological polar surface area (TPSA) is 42.7 Å². The van der Waals surface area contributed by atoms with Crippen molar-refractivity contribution in [2.45, 2.75) is 25.7 Å². The van der Waals surface area contributed by atoms with E-state index >= 15 is 0 Å². The average molecular weight is 261 g/mol. The molecule has 1 N–H and O–H groups in total. The van der Waals surface area contributed by atoms with Gasteiger partial charge in [-0.3, -0.25) is 4.68 Å². The number of halogens is 1. The zero-order valence-electron chi connectivity index (χ0n) is 9.13. The van der Waals surface area contributed by atoms with E-state index in [2.05, 4.69) is 45.4 Å². The van der Waals surface area contributed by atoms with Gasteiger partial charge in [-0.25, -0.2) is 0 Å². The molecule has 0 radical (unpaired) electrons. The van der Waals surface area contributed by atoms with E-state index in [1.54, 1.807) is 0 Å². The molecule has 0 amide bonds. The second-order valence-electron chi connectivity index (χ2n) is 4.09. The van der Waals surface area contributed by atoms with Crippen molar-refractivity contribution < 1.29 is 0 Å². The first-order valence-corrected chi connectivity index (χ1v) is 5.48. The van der Waals surface area contributed by atoms with Crippen LogP contribution in [0.2, 0.25) is 0 Å². The van der Waals surface area contributed by atoms with Crippen LogP contribution >= 0.6 is 15.9 Å². The van der Waals surface area contributed by atoms with Gasteiger partial charge in [0.25, 0.3) is 0 Å². The molecule has 0 aliphatic heterocycles. The lowest BCUT2D eigenvalue weighted by atomic mass is 9.86. The SMILES string of the molecule is CNCCC(C)(C)c1c(Br)nnn1C. The molecule has 0 atom stereocenters. The lowest BCUT2D eigenvalue weighted by Gasteiger charge is -2.24. The van der Waals surface area contributed by atoms with Gasteiger partial charge in [-0.15, -0.1) is 5.10 Å². The van der Waals surface area contributed by atoms with Gasteiger partial charge in [-0.2, -0.15) is 0 Å². The van der Waals surface area contributed by atoms with Crippen molar-refractivity contribution in [1.29, 1.82) is 0 Å². The van der Waals surface area contributed by atoms with Crippen LogP contribution < -0.4 is 5.32 Å². The Morgan fingerprint density at radius 2 is 2.14 bits per heavy atom. The van der Waals surface area contributed by atoms with E-state index < -0.39 is 0 Å². The molecule has 0 spiro atoms. The fraction of sp³-hybridized carbons (Fsp3) is 0.778. The van der Waals surface area contributed by atoms with Crippen molar-refractivity contribution in [3.05, 3.63) is 10.3 Å². The number of rotatable bonds is 4. The molecule has 1 rings (SSSR count). The molecule has 1 aromatic rings. The van der Waals surface area contributed by atoms with Crippen LogP contribution in [0.15, 0.2) is 4.60 Å². The van der Waals surface area contributed by atoms with Gasteiger partial charge in [0.2, 0.25) is 0 Å². The number of aromatic nitrogens is 3. The van der Waals surface area contributed by atoms with Gasteiger partial charge in [0.05, 0.1) is 5.69 Å². The van der Waals surface area contributed by atoms with Crippen molar-refractivity contribution in [3.8, 4) is 0 Å². The van der Waals surface area contributed by atoms with Crippen molar-refractivity contribution in [2.75, 3.05) is 13.6 Å². The van der Waals surface area contributed by atoms with Crippen LogP contribution in [0.1, 0.15) is 26.0 Å². The van der Waals surface area contributed by atoms with Crippen LogP contribution in [0.3, 0.4) is 0 Å². The molecule has 0 aliphatic rings. The Morgan fingerprint density at radius 1 is 1.50 bits per heavy atom. The van der Waals surface area contributed by atoms with E-state index in [4.69, 9.17) is 0 Å². The first-order chi connectivity index (χ1) is 6.49. The van der Waals surface area contributed by atoms with E-state index in [9.17, 15) is 0 Å². The van der Waals surface area contributed by atoms with E-state index in [0.717, 1.165) is 23.3 Å². The summed E-state index contributed by atoms with van der Waals surface area (Å²) >= 11 is 3.43. The minimum atomic E-state index is 0.0834. The predicted octanol–water partition coefficient (Wildman–Crippen LogP) is 1.46. The monoisotopic (exact) mass is 260 g/mol. The van der Waals surface area contributed by atoms with Gasteiger partial charge in [0.15, 0.2) is 4.60 Å². The Balaban J connectivity index is 2.90. The Bertz CT molecular complexity index is 286. The lowest BCUT2D eigenvalue weighted by Crippen LogP contribution is -2.26. The normalized spacial score (nSPS) is 12.1. The fourth-order valence-electron chi connectivity index (χ4n) is 1.61. The molecule has 0 unspecified atom stereocenters. The highest BCUT2D eigenvalue weighted by molar-refractivity contribution is 9.10. The highest BCUT2D eigenvalue weighted by atomic mass is 79.9. The molecular formula is C9H17BrN4. The van der Waals surface area contributed by atoms with Crippen LogP contribution in [-0.4, -0.2) is 28.6 Å². The molecule has 4 nitrogen and oxygen atoms in total. The van der Waals surface area contributed by atoms with Crippen LogP contribution in [0, 0.1) is 0 Å². The Labute approximate surface area is 93.2 Å². The Kier molecular flexibility index (Phi) is 3.66. The summed E-state index contributed by atoms with van der Waals surface area (Å²) < 4.78 is 2.68. The number of nitrogens with one attached hydrogen (secondary N) is 1. The van der Waals surface area contributed by atoms with Crippen LogP contribution in [-0.2, 0) is 12.5 Å². The molecule has 1 heterocycles. The van der Waals surface area contributed by atoms with E-state index in [-0.39, 0.29) is 5.41 Å². The lowest BCUT2D eigenvalue weighted by molar-refractivity contribution is 0.431. The molecule has 80 valence electrons. The highest BCUT2D eigenvalue weighted by Crippen LogP contribution is 2.30. The highest BCUT2D eigenvalue weighted by Gasteiger charge is 2.27. The van der Waals surface area contributed by atoms with Gasteiger partial charge < -0.3 is 5.32 Å². The minimum absolute atomic E-state index is 0.0834. The molecule has 0 aromatic carbocycles. The smallest absolute Gasteiger partial charge is 0.152 e. The van der Waals surface area contributed by atoms with Gasteiger partial charge in [-0.05, 0) is 35.9 Å². The largest absolute Gasteiger partial charge is 0.320 e. The predicted molar refractivity (Wildman–Crippen MR) is 60.3 cm³/mol. The van der Waals surface area contributed by atoms with Crippen molar-refractivity contribution in [2.24, 2.45) is 7.05 Å². The van der Waals surface area contributed by atoms with Gasteiger partial charge in [0.1, 0.15) is 0 Å². The van der Waals surface area contributed by atoms with E-state index in [1.807, 2.05) is 18.8 Å². The maximum atomic E-state index is 4.00. The standard InChI is InChI=1S/C9H17BrN4/c1-9(2,5-6-11-3)7-8(10)12-13-14(7)4/h11H,5-6H2,1-4H3. The van der Waals surface area contributed by atoms with Crippen LogP contribution in [0.5, 0.6) is 0 Å². The number of hydrogen-bond acceptors (Lipinski definition) is 3. The third kappa shape index (κ3) is 2.33. The van der Waals surface area contributed by atoms with Crippen molar-refractivity contribution >= 4 is 15.9 Å². The van der Waals surface area contributed by atoms with Gasteiger partial charge in [-0.1, -0.05) is 19.1 Å². The quantitative estimate of drug-likeness (QED) is 0.892. The molecular weight excluding hydrogens is 244 g/mol. The summed E-state index contributed by atoms with van der Waals surface area (Å²) in [7, 11) is 3.89. The van der Waals surface area contributed by atoms with Gasteiger partial charge >= 0.3 is 0 Å². The zero-order valence-corrected chi connectivity index (χ0v) is 10.7. The molecule has 0 fully saturated rings. The Hall–Kier alpha value is -0.420. The summed E-state index contributed by atoms with van der Waals surface area (Å²) in [6.45, 7) is 5.40. The summed E-state index contributed by atoms with van der Waals surface area (Å²) in [6.07, 6.45) is 1.06. The number of hydrogen-bond donors (Lipinski definition) is 1. The maximum absolute atomic E-state index is 4.00. The second kappa shape index (κ2) is 4.40. The fourth-order valence-corrected chi connectivity index (χ4v) is 2.47. The molecule has 0 saturated heterocycles. The van der Waals surface area contributed by atoms with Crippen molar-refractivity contribution in [1.82, 2.24) is 20.3 Å². The zero-order chi connectivity index (χ0) is 10.8. The summed E-state index contributed by atoms with van der Waals surface area (Å²) in [5, 5.41) is 11.1. The number of aryl methyl sites for hydroxylation is 1. The molecule has 0 bridgehead atoms. The third-order valence-electron chi connectivity index (χ3n) is 2.43. The van der Waals surface area contributed by atoms with Gasteiger partial charge in [0, 0.05) is 12.5 Å².